The number of aromatic nitrogens is 2. The third-order valence-corrected chi connectivity index (χ3v) is 3.83. The minimum Gasteiger partial charge on any atom is -0.334 e. The van der Waals surface area contributed by atoms with Gasteiger partial charge in [0.15, 0.2) is 5.82 Å². The number of hydrogen-bond donors (Lipinski definition) is 1. The predicted octanol–water partition coefficient (Wildman–Crippen LogP) is 3.51. The van der Waals surface area contributed by atoms with Crippen LogP contribution in [0.1, 0.15) is 24.6 Å². The summed E-state index contributed by atoms with van der Waals surface area (Å²) in [7, 11) is 0. The number of piperidine rings is 1. The van der Waals surface area contributed by atoms with Crippen molar-refractivity contribution < 1.29 is 4.52 Å². The summed E-state index contributed by atoms with van der Waals surface area (Å²) in [5.41, 5.74) is 0.677. The summed E-state index contributed by atoms with van der Waals surface area (Å²) < 4.78 is 5.31. The molecular weight excluding hydrogens is 285 g/mol. The molecule has 2 aromatic rings. The molecule has 100 valence electrons. The number of nitrogens with one attached hydrogen (secondary N) is 1. The number of rotatable bonds is 2. The van der Waals surface area contributed by atoms with E-state index in [2.05, 4.69) is 15.5 Å². The molecule has 1 aliphatic rings. The molecule has 0 saturated carbocycles. The molecule has 3 rings (SSSR count). The lowest BCUT2D eigenvalue weighted by Crippen LogP contribution is -2.28. The molecule has 6 heteroatoms. The topological polar surface area (TPSA) is 51.0 Å². The van der Waals surface area contributed by atoms with E-state index in [9.17, 15) is 0 Å². The molecule has 1 fully saturated rings. The second-order valence-corrected chi connectivity index (χ2v) is 5.47. The molecule has 1 unspecified atom stereocenters. The van der Waals surface area contributed by atoms with E-state index in [1.165, 1.54) is 0 Å². The number of benzene rings is 1. The van der Waals surface area contributed by atoms with E-state index in [0.717, 1.165) is 31.8 Å². The first-order chi connectivity index (χ1) is 9.24. The van der Waals surface area contributed by atoms with Crippen molar-refractivity contribution in [3.8, 4) is 11.5 Å². The molecule has 2 heterocycles. The molecule has 0 amide bonds. The lowest BCUT2D eigenvalue weighted by Gasteiger charge is -2.19. The van der Waals surface area contributed by atoms with Gasteiger partial charge in [0, 0.05) is 17.5 Å². The fourth-order valence-corrected chi connectivity index (χ4v) is 2.61. The summed E-state index contributed by atoms with van der Waals surface area (Å²) >= 11 is 12.1. The van der Waals surface area contributed by atoms with Crippen molar-refractivity contribution in [2.24, 2.45) is 0 Å². The third kappa shape index (κ3) is 2.76. The van der Waals surface area contributed by atoms with Crippen LogP contribution in [0.2, 0.25) is 10.0 Å². The fourth-order valence-electron chi connectivity index (χ4n) is 2.24. The van der Waals surface area contributed by atoms with Gasteiger partial charge in [0.25, 0.3) is 5.89 Å². The van der Waals surface area contributed by atoms with Crippen LogP contribution >= 0.6 is 23.2 Å². The molecular formula is C13H13Cl2N3O. The van der Waals surface area contributed by atoms with Crippen LogP contribution in [0.5, 0.6) is 0 Å². The van der Waals surface area contributed by atoms with Gasteiger partial charge in [-0.1, -0.05) is 28.4 Å². The first kappa shape index (κ1) is 12.9. The second kappa shape index (κ2) is 5.49. The first-order valence-electron chi connectivity index (χ1n) is 6.24. The zero-order valence-corrected chi connectivity index (χ0v) is 11.7. The molecule has 19 heavy (non-hydrogen) atoms. The van der Waals surface area contributed by atoms with Gasteiger partial charge in [-0.25, -0.2) is 0 Å². The largest absolute Gasteiger partial charge is 0.334 e. The average molecular weight is 298 g/mol. The molecule has 0 aliphatic carbocycles. The van der Waals surface area contributed by atoms with Gasteiger partial charge in [-0.05, 0) is 37.6 Å². The Kier molecular flexibility index (Phi) is 3.73. The van der Waals surface area contributed by atoms with Gasteiger partial charge in [0.05, 0.1) is 10.6 Å². The van der Waals surface area contributed by atoms with Crippen molar-refractivity contribution in [2.45, 2.75) is 18.8 Å². The van der Waals surface area contributed by atoms with E-state index in [1.807, 2.05) is 0 Å². The number of nitrogens with zero attached hydrogens (tertiary/aromatic N) is 2. The number of hydrogen-bond acceptors (Lipinski definition) is 4. The molecule has 0 spiro atoms. The fraction of sp³-hybridized carbons (Fsp3) is 0.385. The van der Waals surface area contributed by atoms with Crippen LogP contribution in [-0.2, 0) is 0 Å². The summed E-state index contributed by atoms with van der Waals surface area (Å²) in [6, 6.07) is 5.20. The SMILES string of the molecule is Clc1ccc(Cl)c(-c2nc(C3CCCNC3)no2)c1. The normalized spacial score (nSPS) is 19.6. The summed E-state index contributed by atoms with van der Waals surface area (Å²) in [5.74, 6) is 1.47. The van der Waals surface area contributed by atoms with E-state index >= 15 is 0 Å². The number of halogens is 2. The smallest absolute Gasteiger partial charge is 0.259 e. The van der Waals surface area contributed by atoms with E-state index in [4.69, 9.17) is 27.7 Å². The van der Waals surface area contributed by atoms with E-state index in [1.54, 1.807) is 18.2 Å². The van der Waals surface area contributed by atoms with Crippen molar-refractivity contribution in [1.82, 2.24) is 15.5 Å². The van der Waals surface area contributed by atoms with Crippen molar-refractivity contribution in [3.05, 3.63) is 34.1 Å². The van der Waals surface area contributed by atoms with E-state index < -0.39 is 0 Å². The van der Waals surface area contributed by atoms with Crippen LogP contribution in [0.4, 0.5) is 0 Å². The highest BCUT2D eigenvalue weighted by molar-refractivity contribution is 6.35. The minimum absolute atomic E-state index is 0.309. The van der Waals surface area contributed by atoms with Crippen LogP contribution in [0, 0.1) is 0 Å². The van der Waals surface area contributed by atoms with Crippen molar-refractivity contribution in [3.63, 3.8) is 0 Å². The van der Waals surface area contributed by atoms with Gasteiger partial charge in [-0.15, -0.1) is 0 Å². The summed E-state index contributed by atoms with van der Waals surface area (Å²) in [5, 5.41) is 8.55. The van der Waals surface area contributed by atoms with Gasteiger partial charge >= 0.3 is 0 Å². The Hall–Kier alpha value is -1.10. The molecule has 4 nitrogen and oxygen atoms in total. The Bertz CT molecular complexity index is 579. The Morgan fingerprint density at radius 3 is 3.00 bits per heavy atom. The third-order valence-electron chi connectivity index (χ3n) is 3.26. The highest BCUT2D eigenvalue weighted by Crippen LogP contribution is 2.31. The van der Waals surface area contributed by atoms with Gasteiger partial charge in [0.1, 0.15) is 0 Å². The molecule has 1 aliphatic heterocycles. The van der Waals surface area contributed by atoms with Crippen LogP contribution in [-0.4, -0.2) is 23.2 Å². The molecule has 0 radical (unpaired) electrons. The van der Waals surface area contributed by atoms with Crippen molar-refractivity contribution in [2.75, 3.05) is 13.1 Å². The zero-order valence-electron chi connectivity index (χ0n) is 10.2. The highest BCUT2D eigenvalue weighted by Gasteiger charge is 2.21. The molecule has 1 N–H and O–H groups in total. The first-order valence-corrected chi connectivity index (χ1v) is 6.99. The van der Waals surface area contributed by atoms with Gasteiger partial charge in [-0.2, -0.15) is 4.98 Å². The van der Waals surface area contributed by atoms with Gasteiger partial charge in [0.2, 0.25) is 0 Å². The highest BCUT2D eigenvalue weighted by atomic mass is 35.5. The molecule has 1 aromatic heterocycles. The van der Waals surface area contributed by atoms with Crippen LogP contribution in [0.15, 0.2) is 22.7 Å². The second-order valence-electron chi connectivity index (χ2n) is 4.63. The quantitative estimate of drug-likeness (QED) is 0.921. The summed E-state index contributed by atoms with van der Waals surface area (Å²) in [6.07, 6.45) is 2.21. The Balaban J connectivity index is 1.89. The maximum absolute atomic E-state index is 6.13. The molecule has 1 aromatic carbocycles. The lowest BCUT2D eigenvalue weighted by atomic mass is 9.99. The summed E-state index contributed by atoms with van der Waals surface area (Å²) in [4.78, 5) is 4.45. The van der Waals surface area contributed by atoms with Crippen LogP contribution < -0.4 is 5.32 Å². The summed E-state index contributed by atoms with van der Waals surface area (Å²) in [6.45, 7) is 1.95. The maximum atomic E-state index is 6.13. The van der Waals surface area contributed by atoms with E-state index in [-0.39, 0.29) is 0 Å². The average Bonchev–Trinajstić information content (AvgIpc) is 2.92. The lowest BCUT2D eigenvalue weighted by molar-refractivity contribution is 0.393. The zero-order chi connectivity index (χ0) is 13.2. The predicted molar refractivity (Wildman–Crippen MR) is 74.6 cm³/mol. The Morgan fingerprint density at radius 1 is 1.32 bits per heavy atom. The van der Waals surface area contributed by atoms with E-state index in [0.29, 0.717) is 27.4 Å². The minimum atomic E-state index is 0.309. The maximum Gasteiger partial charge on any atom is 0.259 e. The molecule has 1 atom stereocenters. The monoisotopic (exact) mass is 297 g/mol. The molecule has 1 saturated heterocycles. The van der Waals surface area contributed by atoms with Gasteiger partial charge in [-0.3, -0.25) is 0 Å². The standard InChI is InChI=1S/C13H13Cl2N3O/c14-9-3-4-11(15)10(6-9)13-17-12(18-19-13)8-2-1-5-16-7-8/h3-4,6,8,16H,1-2,5,7H2. The van der Waals surface area contributed by atoms with Crippen molar-refractivity contribution in [1.29, 1.82) is 0 Å². The molecule has 0 bridgehead atoms. The van der Waals surface area contributed by atoms with Gasteiger partial charge < -0.3 is 9.84 Å². The Labute approximate surface area is 121 Å². The Morgan fingerprint density at radius 2 is 2.21 bits per heavy atom. The van der Waals surface area contributed by atoms with Crippen LogP contribution in [0.3, 0.4) is 0 Å². The van der Waals surface area contributed by atoms with Crippen LogP contribution in [0.25, 0.3) is 11.5 Å². The van der Waals surface area contributed by atoms with Crippen molar-refractivity contribution >= 4 is 23.2 Å².